The van der Waals surface area contributed by atoms with Crippen LogP contribution in [0.1, 0.15) is 80.6 Å². The van der Waals surface area contributed by atoms with Crippen molar-refractivity contribution >= 4 is 18.9 Å². The summed E-state index contributed by atoms with van der Waals surface area (Å²) in [6.07, 6.45) is 7.99. The summed E-state index contributed by atoms with van der Waals surface area (Å²) in [4.78, 5) is 28.0. The average molecular weight is 262 g/mol. The topological polar surface area (TPSA) is 51.2 Å². The molecule has 0 aromatic heterocycles. The van der Waals surface area contributed by atoms with Crippen molar-refractivity contribution in [2.45, 2.75) is 80.6 Å². The molecule has 0 aliphatic rings. The SMILES string of the molecule is C.CCC.CCC=O.CCCC=O.CCCC=O. The molecule has 0 atom stereocenters. The Labute approximate surface area is 114 Å². The summed E-state index contributed by atoms with van der Waals surface area (Å²) in [7, 11) is 0. The number of unbranched alkanes of at least 4 members (excludes halogenated alkanes) is 2. The molecule has 0 saturated heterocycles. The van der Waals surface area contributed by atoms with Gasteiger partial charge in [-0.3, -0.25) is 0 Å². The maximum absolute atomic E-state index is 9.40. The maximum Gasteiger partial charge on any atom is 0.119 e. The van der Waals surface area contributed by atoms with Crippen LogP contribution in [0.3, 0.4) is 0 Å². The molecule has 0 aromatic rings. The van der Waals surface area contributed by atoms with Crippen LogP contribution in [-0.2, 0) is 14.4 Å². The molecule has 0 fully saturated rings. The molecule has 0 rings (SSSR count). The molecular formula is C15H34O3. The van der Waals surface area contributed by atoms with E-state index in [2.05, 4.69) is 13.8 Å². The largest absolute Gasteiger partial charge is 0.303 e. The van der Waals surface area contributed by atoms with E-state index in [-0.39, 0.29) is 7.43 Å². The van der Waals surface area contributed by atoms with Crippen molar-refractivity contribution in [1.29, 1.82) is 0 Å². The number of carbonyl (C=O) groups excluding carboxylic acids is 3. The smallest absolute Gasteiger partial charge is 0.119 e. The summed E-state index contributed by atoms with van der Waals surface area (Å²) >= 11 is 0. The predicted octanol–water partition coefficient (Wildman–Crippen LogP) is 4.62. The van der Waals surface area contributed by atoms with Crippen LogP contribution in [0.4, 0.5) is 0 Å². The van der Waals surface area contributed by atoms with Crippen LogP contribution >= 0.6 is 0 Å². The van der Waals surface area contributed by atoms with Gasteiger partial charge in [0, 0.05) is 19.3 Å². The molecular weight excluding hydrogens is 228 g/mol. The number of hydrogen-bond acceptors (Lipinski definition) is 3. The molecule has 112 valence electrons. The molecule has 0 radical (unpaired) electrons. The zero-order valence-electron chi connectivity index (χ0n) is 12.2. The van der Waals surface area contributed by atoms with Gasteiger partial charge in [0.1, 0.15) is 18.9 Å². The third-order valence-electron chi connectivity index (χ3n) is 0.980. The van der Waals surface area contributed by atoms with Gasteiger partial charge < -0.3 is 14.4 Å². The fourth-order valence-electron chi connectivity index (χ4n) is 0.236. The van der Waals surface area contributed by atoms with Crippen LogP contribution < -0.4 is 0 Å². The van der Waals surface area contributed by atoms with Gasteiger partial charge >= 0.3 is 0 Å². The highest BCUT2D eigenvalue weighted by atomic mass is 16.1. The molecule has 0 aromatic carbocycles. The van der Waals surface area contributed by atoms with Crippen molar-refractivity contribution in [3.05, 3.63) is 0 Å². The summed E-state index contributed by atoms with van der Waals surface area (Å²) in [6.45, 7) is 10.0. The Hall–Kier alpha value is -0.990. The summed E-state index contributed by atoms with van der Waals surface area (Å²) < 4.78 is 0. The molecule has 0 amide bonds. The Balaban J connectivity index is -0.0000000417. The average Bonchev–Trinajstić information content (AvgIpc) is 2.33. The summed E-state index contributed by atoms with van der Waals surface area (Å²) in [5.41, 5.74) is 0. The fraction of sp³-hybridized carbons (Fsp3) is 0.800. The van der Waals surface area contributed by atoms with E-state index in [4.69, 9.17) is 0 Å². The Morgan fingerprint density at radius 1 is 0.667 bits per heavy atom. The summed E-state index contributed by atoms with van der Waals surface area (Å²) in [5, 5.41) is 0. The highest BCUT2D eigenvalue weighted by Gasteiger charge is 1.67. The fourth-order valence-corrected chi connectivity index (χ4v) is 0.236. The molecule has 0 saturated carbocycles. The van der Waals surface area contributed by atoms with E-state index in [1.54, 1.807) is 0 Å². The normalized spacial score (nSPS) is 6.50. The van der Waals surface area contributed by atoms with Gasteiger partial charge in [-0.2, -0.15) is 0 Å². The van der Waals surface area contributed by atoms with Crippen molar-refractivity contribution in [3.63, 3.8) is 0 Å². The first-order valence-corrected chi connectivity index (χ1v) is 6.47. The van der Waals surface area contributed by atoms with Crippen LogP contribution in [0.2, 0.25) is 0 Å². The second-order valence-electron chi connectivity index (χ2n) is 3.19. The minimum absolute atomic E-state index is 0. The van der Waals surface area contributed by atoms with Gasteiger partial charge in [-0.05, 0) is 12.8 Å². The Morgan fingerprint density at radius 3 is 0.889 bits per heavy atom. The molecule has 0 heterocycles. The molecule has 0 unspecified atom stereocenters. The third-order valence-corrected chi connectivity index (χ3v) is 0.980. The lowest BCUT2D eigenvalue weighted by Gasteiger charge is -1.68. The third kappa shape index (κ3) is 183. The van der Waals surface area contributed by atoms with Gasteiger partial charge in [0.25, 0.3) is 0 Å². The van der Waals surface area contributed by atoms with Crippen molar-refractivity contribution < 1.29 is 14.4 Å². The van der Waals surface area contributed by atoms with Crippen molar-refractivity contribution in [3.8, 4) is 0 Å². The number of aldehydes is 3. The van der Waals surface area contributed by atoms with Crippen molar-refractivity contribution in [2.24, 2.45) is 0 Å². The Bertz CT molecular complexity index is 113. The lowest BCUT2D eigenvalue weighted by molar-refractivity contribution is -0.108. The quantitative estimate of drug-likeness (QED) is 0.679. The van der Waals surface area contributed by atoms with Gasteiger partial charge in [-0.1, -0.05) is 48.5 Å². The molecule has 0 bridgehead atoms. The first kappa shape index (κ1) is 30.2. The molecule has 0 N–H and O–H groups in total. The van der Waals surface area contributed by atoms with E-state index in [0.29, 0.717) is 19.3 Å². The minimum atomic E-state index is 0. The second-order valence-corrected chi connectivity index (χ2v) is 3.19. The number of hydrogen-bond donors (Lipinski definition) is 0. The molecule has 3 nitrogen and oxygen atoms in total. The van der Waals surface area contributed by atoms with Gasteiger partial charge in [-0.15, -0.1) is 0 Å². The molecule has 18 heavy (non-hydrogen) atoms. The summed E-state index contributed by atoms with van der Waals surface area (Å²) in [6, 6.07) is 0. The Morgan fingerprint density at radius 2 is 0.889 bits per heavy atom. The molecule has 0 aliphatic carbocycles. The predicted molar refractivity (Wildman–Crippen MR) is 81.0 cm³/mol. The van der Waals surface area contributed by atoms with Crippen LogP contribution in [0, 0.1) is 0 Å². The molecule has 0 spiro atoms. The van der Waals surface area contributed by atoms with Crippen LogP contribution in [-0.4, -0.2) is 18.9 Å². The first-order valence-electron chi connectivity index (χ1n) is 6.47. The van der Waals surface area contributed by atoms with Crippen LogP contribution in [0.5, 0.6) is 0 Å². The van der Waals surface area contributed by atoms with Crippen LogP contribution in [0.25, 0.3) is 0 Å². The van der Waals surface area contributed by atoms with Crippen molar-refractivity contribution in [2.75, 3.05) is 0 Å². The van der Waals surface area contributed by atoms with E-state index in [1.807, 2.05) is 20.8 Å². The van der Waals surface area contributed by atoms with E-state index >= 15 is 0 Å². The van der Waals surface area contributed by atoms with E-state index < -0.39 is 0 Å². The van der Waals surface area contributed by atoms with Crippen molar-refractivity contribution in [1.82, 2.24) is 0 Å². The number of rotatable bonds is 5. The lowest BCUT2D eigenvalue weighted by Crippen LogP contribution is -1.64. The van der Waals surface area contributed by atoms with Gasteiger partial charge in [0.05, 0.1) is 0 Å². The lowest BCUT2D eigenvalue weighted by atomic mass is 10.4. The Kier molecular flexibility index (Phi) is 94.4. The monoisotopic (exact) mass is 262 g/mol. The van der Waals surface area contributed by atoms with E-state index in [0.717, 1.165) is 31.7 Å². The van der Waals surface area contributed by atoms with Crippen LogP contribution in [0.15, 0.2) is 0 Å². The van der Waals surface area contributed by atoms with Gasteiger partial charge in [0.2, 0.25) is 0 Å². The minimum Gasteiger partial charge on any atom is -0.303 e. The van der Waals surface area contributed by atoms with E-state index in [9.17, 15) is 14.4 Å². The second kappa shape index (κ2) is 56.2. The van der Waals surface area contributed by atoms with Gasteiger partial charge in [-0.25, -0.2) is 0 Å². The maximum atomic E-state index is 9.40. The summed E-state index contributed by atoms with van der Waals surface area (Å²) in [5.74, 6) is 0. The standard InChI is InChI=1S/2C4H8O.C3H6O.C3H8.CH4/c2*1-2-3-4-5;1-2-3-4;1-3-2;/h2*4H,2-3H2,1H3;3H,2H2,1H3;3H2,1-2H3;1H4. The zero-order valence-corrected chi connectivity index (χ0v) is 12.2. The molecule has 3 heteroatoms. The highest BCUT2D eigenvalue weighted by molar-refractivity contribution is 5.49. The highest BCUT2D eigenvalue weighted by Crippen LogP contribution is 1.75. The van der Waals surface area contributed by atoms with Gasteiger partial charge in [0.15, 0.2) is 0 Å². The first-order chi connectivity index (χ1) is 8.16. The molecule has 0 aliphatic heterocycles. The zero-order chi connectivity index (χ0) is 14.4. The number of carbonyl (C=O) groups is 3. The van der Waals surface area contributed by atoms with E-state index in [1.165, 1.54) is 6.42 Å².